The zero-order valence-corrected chi connectivity index (χ0v) is 20.5. The highest BCUT2D eigenvalue weighted by Crippen LogP contribution is 2.24. The second-order valence-electron chi connectivity index (χ2n) is 7.92. The maximum atomic E-state index is 11.5. The first-order chi connectivity index (χ1) is 17.1. The van der Waals surface area contributed by atoms with Gasteiger partial charge in [0.2, 0.25) is 0 Å². The molecule has 0 spiro atoms. The molecule has 0 radical (unpaired) electrons. The van der Waals surface area contributed by atoms with E-state index in [0.29, 0.717) is 11.1 Å². The third-order valence-corrected chi connectivity index (χ3v) is 7.29. The summed E-state index contributed by atoms with van der Waals surface area (Å²) in [5, 5.41) is 0. The molecule has 0 heterocycles. The first-order valence-corrected chi connectivity index (χ1v) is 13.6. The minimum atomic E-state index is -4.56. The van der Waals surface area contributed by atoms with Crippen LogP contribution in [0.3, 0.4) is 0 Å². The molecular weight excluding hydrogens is 496 g/mol. The SMILES string of the molecule is O=S(=O)([O-])c1ccccc1/C=C/c1ccc(-c2ccc(/C=C/c3ccccc3S(=O)(=O)O)cc2)cc1. The molecule has 6 nitrogen and oxygen atoms in total. The maximum Gasteiger partial charge on any atom is 0.295 e. The average Bonchev–Trinajstić information content (AvgIpc) is 2.86. The van der Waals surface area contributed by atoms with Crippen LogP contribution in [0, 0.1) is 0 Å². The van der Waals surface area contributed by atoms with Crippen LogP contribution in [0.25, 0.3) is 35.4 Å². The van der Waals surface area contributed by atoms with Crippen LogP contribution in [0.2, 0.25) is 0 Å². The Morgan fingerprint density at radius 3 is 1.33 bits per heavy atom. The molecule has 1 N–H and O–H groups in total. The van der Waals surface area contributed by atoms with Gasteiger partial charge in [-0.15, -0.1) is 0 Å². The van der Waals surface area contributed by atoms with Crippen molar-refractivity contribution in [3.63, 3.8) is 0 Å². The molecule has 0 unspecified atom stereocenters. The summed E-state index contributed by atoms with van der Waals surface area (Å²) in [4.78, 5) is -0.404. The van der Waals surface area contributed by atoms with E-state index in [2.05, 4.69) is 0 Å². The molecule has 4 aromatic rings. The molecule has 4 rings (SSSR count). The third-order valence-electron chi connectivity index (χ3n) is 5.45. The van der Waals surface area contributed by atoms with Gasteiger partial charge in [0.25, 0.3) is 10.1 Å². The summed E-state index contributed by atoms with van der Waals surface area (Å²) < 4.78 is 66.8. The van der Waals surface area contributed by atoms with Crippen LogP contribution in [-0.4, -0.2) is 25.9 Å². The molecule has 8 heteroatoms. The van der Waals surface area contributed by atoms with E-state index in [9.17, 15) is 25.9 Å². The van der Waals surface area contributed by atoms with Crippen LogP contribution in [-0.2, 0) is 20.2 Å². The van der Waals surface area contributed by atoms with E-state index in [1.807, 2.05) is 48.5 Å². The van der Waals surface area contributed by atoms with E-state index in [4.69, 9.17) is 0 Å². The molecule has 0 aliphatic carbocycles. The summed E-state index contributed by atoms with van der Waals surface area (Å²) in [6.07, 6.45) is 6.74. The van der Waals surface area contributed by atoms with Crippen molar-refractivity contribution in [2.45, 2.75) is 9.79 Å². The molecular formula is C28H21O6S2-. The van der Waals surface area contributed by atoms with Gasteiger partial charge in [-0.2, -0.15) is 8.42 Å². The number of benzene rings is 4. The van der Waals surface area contributed by atoms with Gasteiger partial charge < -0.3 is 4.55 Å². The first-order valence-electron chi connectivity index (χ1n) is 10.8. The van der Waals surface area contributed by atoms with Gasteiger partial charge in [0.05, 0.1) is 4.90 Å². The molecule has 0 bridgehead atoms. The van der Waals surface area contributed by atoms with Crippen molar-refractivity contribution in [1.29, 1.82) is 0 Å². The van der Waals surface area contributed by atoms with Crippen LogP contribution in [0.4, 0.5) is 0 Å². The topological polar surface area (TPSA) is 112 Å². The van der Waals surface area contributed by atoms with Gasteiger partial charge in [0, 0.05) is 0 Å². The zero-order chi connectivity index (χ0) is 25.8. The van der Waals surface area contributed by atoms with Gasteiger partial charge in [-0.3, -0.25) is 4.55 Å². The fourth-order valence-electron chi connectivity index (χ4n) is 3.64. The Morgan fingerprint density at radius 2 is 0.917 bits per heavy atom. The molecule has 0 aliphatic rings. The van der Waals surface area contributed by atoms with Crippen molar-refractivity contribution in [2.24, 2.45) is 0 Å². The summed E-state index contributed by atoms with van der Waals surface area (Å²) in [5.74, 6) is 0. The molecule has 36 heavy (non-hydrogen) atoms. The molecule has 0 saturated heterocycles. The molecule has 0 amide bonds. The second-order valence-corrected chi connectivity index (χ2v) is 10.7. The predicted molar refractivity (Wildman–Crippen MR) is 140 cm³/mol. The standard InChI is InChI=1S/C28H22O6S2/c29-35(30,31)27-7-3-1-5-25(27)19-13-21-9-15-23(16-10-21)24-17-11-22(12-18-24)14-20-26-6-2-4-8-28(26)36(32,33)34/h1-20H,(H,29,30,31)(H,32,33,34)/p-1/b19-13+,20-14+. The van der Waals surface area contributed by atoms with Gasteiger partial charge in [-0.05, 0) is 45.5 Å². The number of hydrogen-bond acceptors (Lipinski definition) is 5. The third kappa shape index (κ3) is 6.24. The number of hydrogen-bond donors (Lipinski definition) is 1. The van der Waals surface area contributed by atoms with Crippen LogP contribution >= 0.6 is 0 Å². The van der Waals surface area contributed by atoms with E-state index < -0.39 is 20.2 Å². The average molecular weight is 518 g/mol. The molecule has 0 aromatic heterocycles. The summed E-state index contributed by atoms with van der Waals surface area (Å²) >= 11 is 0. The van der Waals surface area contributed by atoms with Crippen LogP contribution < -0.4 is 0 Å². The van der Waals surface area contributed by atoms with E-state index in [-0.39, 0.29) is 9.79 Å². The molecule has 0 atom stereocenters. The summed E-state index contributed by atoms with van der Waals surface area (Å²) in [6, 6.07) is 27.6. The maximum absolute atomic E-state index is 11.5. The lowest BCUT2D eigenvalue weighted by Gasteiger charge is -2.10. The fraction of sp³-hybridized carbons (Fsp3) is 0. The van der Waals surface area contributed by atoms with Crippen molar-refractivity contribution in [2.75, 3.05) is 0 Å². The fourth-order valence-corrected chi connectivity index (χ4v) is 5.00. The Hall–Kier alpha value is -3.82. The van der Waals surface area contributed by atoms with Crippen molar-refractivity contribution >= 4 is 44.5 Å². The van der Waals surface area contributed by atoms with Gasteiger partial charge >= 0.3 is 0 Å². The van der Waals surface area contributed by atoms with Crippen LogP contribution in [0.15, 0.2) is 107 Å². The van der Waals surface area contributed by atoms with Crippen molar-refractivity contribution in [3.8, 4) is 11.1 Å². The molecule has 4 aromatic carbocycles. The Kier molecular flexibility index (Phi) is 7.32. The molecule has 0 saturated carbocycles. The van der Waals surface area contributed by atoms with Crippen LogP contribution in [0.5, 0.6) is 0 Å². The highest BCUT2D eigenvalue weighted by Gasteiger charge is 2.12. The van der Waals surface area contributed by atoms with Gasteiger partial charge in [0.15, 0.2) is 0 Å². The van der Waals surface area contributed by atoms with Crippen LogP contribution in [0.1, 0.15) is 22.3 Å². The van der Waals surface area contributed by atoms with Crippen molar-refractivity contribution in [1.82, 2.24) is 0 Å². The lowest BCUT2D eigenvalue weighted by atomic mass is 10.0. The van der Waals surface area contributed by atoms with E-state index >= 15 is 0 Å². The first kappa shape index (κ1) is 25.3. The predicted octanol–water partition coefficient (Wildman–Crippen LogP) is 5.85. The second kappa shape index (κ2) is 10.4. The lowest BCUT2D eigenvalue weighted by Crippen LogP contribution is -2.00. The quantitative estimate of drug-likeness (QED) is 0.243. The smallest absolute Gasteiger partial charge is 0.295 e. The van der Waals surface area contributed by atoms with E-state index in [1.165, 1.54) is 18.2 Å². The minimum absolute atomic E-state index is 0.148. The van der Waals surface area contributed by atoms with Gasteiger partial charge in [0.1, 0.15) is 15.0 Å². The summed E-state index contributed by atoms with van der Waals surface area (Å²) in [7, 11) is -8.87. The Morgan fingerprint density at radius 1 is 0.528 bits per heavy atom. The Bertz CT molecular complexity index is 1520. The molecule has 182 valence electrons. The Labute approximate surface area is 210 Å². The Balaban J connectivity index is 1.49. The molecule has 0 fully saturated rings. The van der Waals surface area contributed by atoms with E-state index in [0.717, 1.165) is 22.3 Å². The monoisotopic (exact) mass is 517 g/mol. The largest absolute Gasteiger partial charge is 0.744 e. The van der Waals surface area contributed by atoms with Crippen molar-refractivity contribution in [3.05, 3.63) is 119 Å². The summed E-state index contributed by atoms with van der Waals surface area (Å²) in [6.45, 7) is 0. The minimum Gasteiger partial charge on any atom is -0.744 e. The lowest BCUT2D eigenvalue weighted by molar-refractivity contribution is 0.462. The normalized spacial score (nSPS) is 12.4. The highest BCUT2D eigenvalue weighted by atomic mass is 32.2. The highest BCUT2D eigenvalue weighted by molar-refractivity contribution is 7.86. The molecule has 0 aliphatic heterocycles. The van der Waals surface area contributed by atoms with E-state index in [1.54, 1.807) is 54.6 Å². The van der Waals surface area contributed by atoms with Gasteiger partial charge in [-0.25, -0.2) is 8.42 Å². The summed E-state index contributed by atoms with van der Waals surface area (Å²) in [5.41, 5.74) is 4.37. The van der Waals surface area contributed by atoms with Gasteiger partial charge in [-0.1, -0.05) is 109 Å². The zero-order valence-electron chi connectivity index (χ0n) is 18.9. The van der Waals surface area contributed by atoms with Crippen molar-refractivity contribution < 1.29 is 25.9 Å². The number of rotatable bonds is 7.